The van der Waals surface area contributed by atoms with Gasteiger partial charge in [0.15, 0.2) is 0 Å². The SMILES string of the molecule is COc1ccccc1[C@H](C)NC(=O)c1csc(C(C)N)n1. The van der Waals surface area contributed by atoms with Crippen LogP contribution < -0.4 is 15.8 Å². The van der Waals surface area contributed by atoms with Crippen LogP contribution in [0.5, 0.6) is 5.75 Å². The Kier molecular flexibility index (Phi) is 4.93. The van der Waals surface area contributed by atoms with Gasteiger partial charge in [0.05, 0.1) is 19.2 Å². The van der Waals surface area contributed by atoms with Crippen LogP contribution in [0.25, 0.3) is 0 Å². The Morgan fingerprint density at radius 1 is 1.38 bits per heavy atom. The van der Waals surface area contributed by atoms with Gasteiger partial charge in [-0.25, -0.2) is 4.98 Å². The van der Waals surface area contributed by atoms with Gasteiger partial charge in [0.1, 0.15) is 16.5 Å². The summed E-state index contributed by atoms with van der Waals surface area (Å²) in [6, 6.07) is 7.27. The fourth-order valence-electron chi connectivity index (χ4n) is 1.97. The summed E-state index contributed by atoms with van der Waals surface area (Å²) in [5.74, 6) is 0.538. The molecule has 0 bridgehead atoms. The maximum absolute atomic E-state index is 12.2. The maximum Gasteiger partial charge on any atom is 0.271 e. The van der Waals surface area contributed by atoms with Crippen molar-refractivity contribution in [2.24, 2.45) is 5.73 Å². The molecule has 0 aliphatic heterocycles. The van der Waals surface area contributed by atoms with Crippen molar-refractivity contribution >= 4 is 17.2 Å². The minimum Gasteiger partial charge on any atom is -0.496 e. The van der Waals surface area contributed by atoms with E-state index in [0.717, 1.165) is 16.3 Å². The molecular formula is C15H19N3O2S. The summed E-state index contributed by atoms with van der Waals surface area (Å²) in [7, 11) is 1.61. The molecule has 0 saturated carbocycles. The first-order chi connectivity index (χ1) is 10.0. The van der Waals surface area contributed by atoms with Crippen molar-refractivity contribution in [1.29, 1.82) is 0 Å². The second-order valence-electron chi connectivity index (χ2n) is 4.80. The largest absolute Gasteiger partial charge is 0.496 e. The van der Waals surface area contributed by atoms with Gasteiger partial charge in [-0.15, -0.1) is 11.3 Å². The summed E-state index contributed by atoms with van der Waals surface area (Å²) in [5.41, 5.74) is 7.08. The second-order valence-corrected chi connectivity index (χ2v) is 5.69. The smallest absolute Gasteiger partial charge is 0.271 e. The van der Waals surface area contributed by atoms with E-state index in [9.17, 15) is 4.79 Å². The number of benzene rings is 1. The van der Waals surface area contributed by atoms with Gasteiger partial charge in [-0.2, -0.15) is 0 Å². The van der Waals surface area contributed by atoms with Gasteiger partial charge in [0, 0.05) is 10.9 Å². The highest BCUT2D eigenvalue weighted by Gasteiger charge is 2.17. The van der Waals surface area contributed by atoms with Crippen LogP contribution in [0.3, 0.4) is 0 Å². The summed E-state index contributed by atoms with van der Waals surface area (Å²) >= 11 is 1.39. The summed E-state index contributed by atoms with van der Waals surface area (Å²) < 4.78 is 5.31. The lowest BCUT2D eigenvalue weighted by atomic mass is 10.1. The molecule has 6 heteroatoms. The molecule has 2 rings (SSSR count). The van der Waals surface area contributed by atoms with Gasteiger partial charge in [-0.3, -0.25) is 4.79 Å². The molecule has 1 heterocycles. The van der Waals surface area contributed by atoms with E-state index in [1.54, 1.807) is 12.5 Å². The van der Waals surface area contributed by atoms with Crippen LogP contribution in [0.15, 0.2) is 29.6 Å². The zero-order valence-electron chi connectivity index (χ0n) is 12.3. The molecule has 3 N–H and O–H groups in total. The molecule has 0 radical (unpaired) electrons. The number of nitrogens with two attached hydrogens (primary N) is 1. The molecule has 1 aromatic carbocycles. The molecule has 1 aromatic heterocycles. The standard InChI is InChI=1S/C15H19N3O2S/c1-9(16)15-18-12(8-21-15)14(19)17-10(2)11-6-4-5-7-13(11)20-3/h4-10H,16H2,1-3H3,(H,17,19)/t9?,10-/m0/s1. The van der Waals surface area contributed by atoms with Crippen molar-refractivity contribution in [3.05, 3.63) is 45.9 Å². The number of hydrogen-bond acceptors (Lipinski definition) is 5. The highest BCUT2D eigenvalue weighted by molar-refractivity contribution is 7.09. The summed E-state index contributed by atoms with van der Waals surface area (Å²) in [6.07, 6.45) is 0. The van der Waals surface area contributed by atoms with Gasteiger partial charge in [0.2, 0.25) is 0 Å². The molecular weight excluding hydrogens is 286 g/mol. The van der Waals surface area contributed by atoms with E-state index in [-0.39, 0.29) is 18.0 Å². The number of rotatable bonds is 5. The molecule has 0 aliphatic carbocycles. The summed E-state index contributed by atoms with van der Waals surface area (Å²) in [6.45, 7) is 3.76. The number of aromatic nitrogens is 1. The predicted molar refractivity (Wildman–Crippen MR) is 83.6 cm³/mol. The molecule has 2 atom stereocenters. The number of para-hydroxylation sites is 1. The Morgan fingerprint density at radius 3 is 2.71 bits per heavy atom. The quantitative estimate of drug-likeness (QED) is 0.890. The van der Waals surface area contributed by atoms with Crippen LogP contribution in [0.2, 0.25) is 0 Å². The third-order valence-corrected chi connectivity index (χ3v) is 4.14. The van der Waals surface area contributed by atoms with Crippen molar-refractivity contribution in [1.82, 2.24) is 10.3 Å². The molecule has 0 spiro atoms. The van der Waals surface area contributed by atoms with Crippen LogP contribution in [0.4, 0.5) is 0 Å². The predicted octanol–water partition coefficient (Wildman–Crippen LogP) is 2.66. The van der Waals surface area contributed by atoms with E-state index in [1.165, 1.54) is 11.3 Å². The number of methoxy groups -OCH3 is 1. The van der Waals surface area contributed by atoms with Gasteiger partial charge in [0.25, 0.3) is 5.91 Å². The van der Waals surface area contributed by atoms with Crippen LogP contribution in [0.1, 0.15) is 47.0 Å². The van der Waals surface area contributed by atoms with Crippen molar-refractivity contribution < 1.29 is 9.53 Å². The number of nitrogens with zero attached hydrogens (tertiary/aromatic N) is 1. The Bertz CT molecular complexity index is 625. The van der Waals surface area contributed by atoms with E-state index in [4.69, 9.17) is 10.5 Å². The molecule has 1 unspecified atom stereocenters. The minimum absolute atomic E-state index is 0.164. The van der Waals surface area contributed by atoms with Crippen molar-refractivity contribution in [2.45, 2.75) is 25.9 Å². The highest BCUT2D eigenvalue weighted by atomic mass is 32.1. The third kappa shape index (κ3) is 3.59. The molecule has 112 valence electrons. The number of carbonyl (C=O) groups is 1. The number of ether oxygens (including phenoxy) is 1. The van der Waals surface area contributed by atoms with Crippen LogP contribution in [-0.4, -0.2) is 18.0 Å². The molecule has 0 aliphatic rings. The molecule has 0 saturated heterocycles. The molecule has 21 heavy (non-hydrogen) atoms. The monoisotopic (exact) mass is 305 g/mol. The lowest BCUT2D eigenvalue weighted by molar-refractivity contribution is 0.0935. The van der Waals surface area contributed by atoms with Gasteiger partial charge < -0.3 is 15.8 Å². The normalized spacial score (nSPS) is 13.5. The van der Waals surface area contributed by atoms with Gasteiger partial charge >= 0.3 is 0 Å². The lowest BCUT2D eigenvalue weighted by Crippen LogP contribution is -2.27. The van der Waals surface area contributed by atoms with Crippen LogP contribution in [0, 0.1) is 0 Å². The van der Waals surface area contributed by atoms with Crippen molar-refractivity contribution in [3.8, 4) is 5.75 Å². The van der Waals surface area contributed by atoms with Gasteiger partial charge in [-0.05, 0) is 19.9 Å². The first-order valence-electron chi connectivity index (χ1n) is 6.67. The molecule has 1 amide bonds. The summed E-state index contributed by atoms with van der Waals surface area (Å²) in [4.78, 5) is 16.5. The average molecular weight is 305 g/mol. The maximum atomic E-state index is 12.2. The van der Waals surface area contributed by atoms with Crippen LogP contribution in [-0.2, 0) is 0 Å². The first kappa shape index (κ1) is 15.5. The number of amides is 1. The fourth-order valence-corrected chi connectivity index (χ4v) is 2.73. The van der Waals surface area contributed by atoms with Gasteiger partial charge in [-0.1, -0.05) is 18.2 Å². The average Bonchev–Trinajstić information content (AvgIpc) is 2.97. The van der Waals surface area contributed by atoms with Crippen LogP contribution >= 0.6 is 11.3 Å². The molecule has 2 aromatic rings. The van der Waals surface area contributed by atoms with E-state index in [1.807, 2.05) is 38.1 Å². The van der Waals surface area contributed by atoms with E-state index >= 15 is 0 Å². The van der Waals surface area contributed by atoms with E-state index in [0.29, 0.717) is 5.69 Å². The molecule has 5 nitrogen and oxygen atoms in total. The zero-order chi connectivity index (χ0) is 15.4. The van der Waals surface area contributed by atoms with E-state index < -0.39 is 0 Å². The lowest BCUT2D eigenvalue weighted by Gasteiger charge is -2.16. The number of hydrogen-bond donors (Lipinski definition) is 2. The second kappa shape index (κ2) is 6.69. The first-order valence-corrected chi connectivity index (χ1v) is 7.55. The minimum atomic E-state index is -0.212. The Morgan fingerprint density at radius 2 is 2.10 bits per heavy atom. The number of carbonyl (C=O) groups excluding carboxylic acids is 1. The highest BCUT2D eigenvalue weighted by Crippen LogP contribution is 2.24. The fraction of sp³-hybridized carbons (Fsp3) is 0.333. The Hall–Kier alpha value is -1.92. The third-order valence-electron chi connectivity index (χ3n) is 3.10. The van der Waals surface area contributed by atoms with E-state index in [2.05, 4.69) is 10.3 Å². The summed E-state index contributed by atoms with van der Waals surface area (Å²) in [5, 5.41) is 5.40. The number of thiazole rings is 1. The Labute approximate surface area is 128 Å². The molecule has 0 fully saturated rings. The topological polar surface area (TPSA) is 77.2 Å². The Balaban J connectivity index is 2.11. The van der Waals surface area contributed by atoms with Crippen molar-refractivity contribution in [2.75, 3.05) is 7.11 Å². The zero-order valence-corrected chi connectivity index (χ0v) is 13.1. The van der Waals surface area contributed by atoms with Crippen molar-refractivity contribution in [3.63, 3.8) is 0 Å². The number of nitrogens with one attached hydrogen (secondary N) is 1.